The van der Waals surface area contributed by atoms with Crippen molar-refractivity contribution in [3.05, 3.63) is 70.7 Å². The number of allylic oxidation sites excluding steroid dienone is 1. The van der Waals surface area contributed by atoms with Gasteiger partial charge in [0, 0.05) is 0 Å². The van der Waals surface area contributed by atoms with Crippen LogP contribution < -0.4 is 22.7 Å². The molecule has 7 heteroatoms. The third-order valence-corrected chi connectivity index (χ3v) is 4.75. The first-order chi connectivity index (χ1) is 11.5. The number of nitrogens with zero attached hydrogens (tertiary/aromatic N) is 2. The van der Waals surface area contributed by atoms with Crippen molar-refractivity contribution in [3.63, 3.8) is 0 Å². The van der Waals surface area contributed by atoms with Gasteiger partial charge in [0.2, 0.25) is 0 Å². The fourth-order valence-electron chi connectivity index (χ4n) is 2.82. The average Bonchev–Trinajstić information content (AvgIpc) is 2.83. The van der Waals surface area contributed by atoms with Crippen LogP contribution in [-0.2, 0) is 13.1 Å². The van der Waals surface area contributed by atoms with Gasteiger partial charge in [-0.2, -0.15) is 0 Å². The highest BCUT2D eigenvalue weighted by Crippen LogP contribution is 2.26. The van der Waals surface area contributed by atoms with Crippen LogP contribution in [0.25, 0.3) is 11.0 Å². The predicted molar refractivity (Wildman–Crippen MR) is 98.2 cm³/mol. The molecule has 0 saturated heterocycles. The summed E-state index contributed by atoms with van der Waals surface area (Å²) in [6.45, 7) is 4.69. The molecule has 3 rings (SSSR count). The van der Waals surface area contributed by atoms with Crippen LogP contribution in [-0.4, -0.2) is 9.67 Å². The Kier molecular flexibility index (Phi) is 6.36. The second-order valence-electron chi connectivity index (χ2n) is 5.55. The molecule has 0 aliphatic heterocycles. The largest absolute Gasteiger partial charge is 1.00 e. The van der Waals surface area contributed by atoms with Crippen LogP contribution in [0.4, 0.5) is 5.95 Å². The number of rotatable bonds is 5. The molecule has 132 valence electrons. The van der Waals surface area contributed by atoms with Crippen molar-refractivity contribution in [3.8, 4) is 0 Å². The lowest BCUT2D eigenvalue weighted by Crippen LogP contribution is -3.00. The van der Waals surface area contributed by atoms with E-state index in [4.69, 9.17) is 28.9 Å². The number of hydrogen-bond acceptors (Lipinski definition) is 2. The van der Waals surface area contributed by atoms with Crippen LogP contribution in [0.15, 0.2) is 55.1 Å². The van der Waals surface area contributed by atoms with Crippen molar-refractivity contribution in [2.75, 3.05) is 5.73 Å². The summed E-state index contributed by atoms with van der Waals surface area (Å²) >= 11 is 12.0. The lowest BCUT2D eigenvalue weighted by Gasteiger charge is -2.11. The molecule has 1 atom stereocenters. The maximum atomic E-state index is 10.6. The van der Waals surface area contributed by atoms with Crippen LogP contribution >= 0.6 is 23.2 Å². The molecule has 0 amide bonds. The summed E-state index contributed by atoms with van der Waals surface area (Å²) < 4.78 is 3.86. The molecule has 0 aliphatic carbocycles. The molecule has 1 aromatic heterocycles. The monoisotopic (exact) mass is 397 g/mol. The second kappa shape index (κ2) is 8.11. The van der Waals surface area contributed by atoms with Gasteiger partial charge in [-0.3, -0.25) is 5.73 Å². The molecule has 0 bridgehead atoms. The molecule has 2 aromatic carbocycles. The number of aromatic nitrogens is 2. The summed E-state index contributed by atoms with van der Waals surface area (Å²) in [4.78, 5) is 0. The first kappa shape index (κ1) is 19.6. The van der Waals surface area contributed by atoms with Gasteiger partial charge in [0.25, 0.3) is 0 Å². The van der Waals surface area contributed by atoms with Crippen LogP contribution in [0.1, 0.15) is 11.7 Å². The lowest BCUT2D eigenvalue weighted by atomic mass is 10.1. The first-order valence-electron chi connectivity index (χ1n) is 7.53. The predicted octanol–water partition coefficient (Wildman–Crippen LogP) is 0.741. The van der Waals surface area contributed by atoms with E-state index in [2.05, 4.69) is 6.58 Å². The smallest absolute Gasteiger partial charge is 0.356 e. The van der Waals surface area contributed by atoms with E-state index in [1.54, 1.807) is 24.3 Å². The summed E-state index contributed by atoms with van der Waals surface area (Å²) in [5, 5.41) is 11.5. The molecule has 0 fully saturated rings. The van der Waals surface area contributed by atoms with E-state index in [0.29, 0.717) is 34.6 Å². The topological polar surface area (TPSA) is 55.1 Å². The maximum Gasteiger partial charge on any atom is 0.356 e. The number of fused-ring (bicyclic) bond motifs is 1. The van der Waals surface area contributed by atoms with Gasteiger partial charge in [0.05, 0.1) is 16.6 Å². The molecule has 1 heterocycles. The van der Waals surface area contributed by atoms with Gasteiger partial charge in [-0.25, -0.2) is 9.13 Å². The van der Waals surface area contributed by atoms with Crippen LogP contribution in [0.2, 0.25) is 10.0 Å². The fourth-order valence-corrected chi connectivity index (χ4v) is 3.13. The Bertz CT molecular complexity index is 908. The van der Waals surface area contributed by atoms with Gasteiger partial charge in [-0.1, -0.05) is 54.1 Å². The highest BCUT2D eigenvalue weighted by Gasteiger charge is 2.23. The summed E-state index contributed by atoms with van der Waals surface area (Å²) in [5.41, 5.74) is 8.95. The van der Waals surface area contributed by atoms with Gasteiger partial charge in [0.1, 0.15) is 23.7 Å². The van der Waals surface area contributed by atoms with Gasteiger partial charge in [0.15, 0.2) is 0 Å². The highest BCUT2D eigenvalue weighted by atomic mass is 35.5. The number of imidazole rings is 1. The number of nitrogen functional groups attached to an aromatic ring is 1. The first-order valence-corrected chi connectivity index (χ1v) is 8.29. The maximum absolute atomic E-state index is 10.6. The zero-order valence-electron chi connectivity index (χ0n) is 13.4. The van der Waals surface area contributed by atoms with Crippen molar-refractivity contribution in [1.29, 1.82) is 0 Å². The van der Waals surface area contributed by atoms with E-state index < -0.39 is 6.10 Å². The Morgan fingerprint density at radius 1 is 1.20 bits per heavy atom. The quantitative estimate of drug-likeness (QED) is 0.492. The lowest BCUT2D eigenvalue weighted by molar-refractivity contribution is -0.666. The standard InChI is InChI=1S/C18H17Cl2N3O.ClH/c1-2-9-22-15-5-3-4-6-16(15)23(18(22)21)11-17(24)12-7-8-13(19)14(20)10-12;/h2-8,10,17,21,24H,1,9,11H2;1H. The van der Waals surface area contributed by atoms with Gasteiger partial charge in [-0.15, -0.1) is 0 Å². The molecule has 0 saturated carbocycles. The molecule has 25 heavy (non-hydrogen) atoms. The molecule has 1 unspecified atom stereocenters. The van der Waals surface area contributed by atoms with Crippen molar-refractivity contribution < 1.29 is 22.1 Å². The normalized spacial score (nSPS) is 12.0. The van der Waals surface area contributed by atoms with E-state index in [-0.39, 0.29) is 12.4 Å². The van der Waals surface area contributed by atoms with Crippen LogP contribution in [0.5, 0.6) is 0 Å². The Morgan fingerprint density at radius 3 is 2.60 bits per heavy atom. The number of aliphatic hydroxyl groups is 1. The second-order valence-corrected chi connectivity index (χ2v) is 6.36. The average molecular weight is 399 g/mol. The van der Waals surface area contributed by atoms with E-state index in [1.165, 1.54) is 0 Å². The Hall–Kier alpha value is -1.72. The number of nitrogens with two attached hydrogens (primary N) is 1. The Morgan fingerprint density at radius 2 is 1.92 bits per heavy atom. The van der Waals surface area contributed by atoms with Gasteiger partial charge in [-0.05, 0) is 29.8 Å². The van der Waals surface area contributed by atoms with Crippen molar-refractivity contribution in [1.82, 2.24) is 4.57 Å². The zero-order valence-corrected chi connectivity index (χ0v) is 15.6. The summed E-state index contributed by atoms with van der Waals surface area (Å²) in [6, 6.07) is 13.0. The summed E-state index contributed by atoms with van der Waals surface area (Å²) in [5.74, 6) is 0.565. The molecule has 3 N–H and O–H groups in total. The van der Waals surface area contributed by atoms with Crippen molar-refractivity contribution >= 4 is 40.2 Å². The highest BCUT2D eigenvalue weighted by molar-refractivity contribution is 6.42. The van der Waals surface area contributed by atoms with E-state index >= 15 is 0 Å². The number of benzene rings is 2. The number of aliphatic hydroxyl groups excluding tert-OH is 1. The molecule has 0 spiro atoms. The number of halogens is 3. The molecule has 0 radical (unpaired) electrons. The van der Waals surface area contributed by atoms with E-state index in [9.17, 15) is 5.11 Å². The minimum absolute atomic E-state index is 0. The summed E-state index contributed by atoms with van der Waals surface area (Å²) in [7, 11) is 0. The van der Waals surface area contributed by atoms with E-state index in [0.717, 1.165) is 11.0 Å². The van der Waals surface area contributed by atoms with Crippen molar-refractivity contribution in [2.24, 2.45) is 0 Å². The van der Waals surface area contributed by atoms with Gasteiger partial charge < -0.3 is 17.5 Å². The van der Waals surface area contributed by atoms with Gasteiger partial charge >= 0.3 is 5.95 Å². The molecular formula is C18H18Cl3N3O. The number of anilines is 1. The fraction of sp³-hybridized carbons (Fsp3) is 0.167. The third kappa shape index (κ3) is 3.77. The molecule has 3 aromatic rings. The molecule has 0 aliphatic rings. The zero-order chi connectivity index (χ0) is 17.3. The number of hydrogen-bond donors (Lipinski definition) is 2. The minimum Gasteiger partial charge on any atom is -1.00 e. The van der Waals surface area contributed by atoms with Crippen LogP contribution in [0, 0.1) is 0 Å². The molecular weight excluding hydrogens is 381 g/mol. The van der Waals surface area contributed by atoms with Crippen molar-refractivity contribution in [2.45, 2.75) is 19.2 Å². The van der Waals surface area contributed by atoms with E-state index in [1.807, 2.05) is 33.4 Å². The Balaban J connectivity index is 0.00000225. The molecule has 4 nitrogen and oxygen atoms in total. The Labute approximate surface area is 162 Å². The third-order valence-electron chi connectivity index (χ3n) is 4.01. The SMILES string of the molecule is C=CCn1c(N)[n+](CC(O)c2ccc(Cl)c(Cl)c2)c2ccccc21.[Cl-]. The minimum atomic E-state index is -0.755. The van der Waals surface area contributed by atoms with Crippen LogP contribution in [0.3, 0.4) is 0 Å². The number of para-hydroxylation sites is 2. The summed E-state index contributed by atoms with van der Waals surface area (Å²) in [6.07, 6.45) is 1.04.